The molecule has 1 rings (SSSR count). The van der Waals surface area contributed by atoms with Crippen molar-refractivity contribution in [3.63, 3.8) is 0 Å². The lowest BCUT2D eigenvalue weighted by molar-refractivity contribution is -0.115. The summed E-state index contributed by atoms with van der Waals surface area (Å²) in [6.07, 6.45) is 0. The number of rotatable bonds is 4. The minimum absolute atomic E-state index is 0.135. The van der Waals surface area contributed by atoms with Crippen molar-refractivity contribution in [2.45, 2.75) is 13.8 Å². The van der Waals surface area contributed by atoms with Gasteiger partial charge in [0.25, 0.3) is 0 Å². The molecule has 0 aromatic heterocycles. The summed E-state index contributed by atoms with van der Waals surface area (Å²) < 4.78 is 0. The van der Waals surface area contributed by atoms with Gasteiger partial charge >= 0.3 is 0 Å². The number of benzene rings is 1. The van der Waals surface area contributed by atoms with Gasteiger partial charge in [-0.25, -0.2) is 0 Å². The summed E-state index contributed by atoms with van der Waals surface area (Å²) in [6.45, 7) is 4.78. The highest BCUT2D eigenvalue weighted by atomic mass is 16.1. The Bertz CT molecular complexity index is 421. The van der Waals surface area contributed by atoms with Crippen molar-refractivity contribution in [1.82, 2.24) is 5.32 Å². The highest BCUT2D eigenvalue weighted by Crippen LogP contribution is 2.17. The average Bonchev–Trinajstić information content (AvgIpc) is 2.27. The highest BCUT2D eigenvalue weighted by Gasteiger charge is 2.07. The molecule has 0 aliphatic heterocycles. The molecule has 1 amide bonds. The molecule has 0 bridgehead atoms. The first kappa shape index (κ1) is 12.2. The van der Waals surface area contributed by atoms with Crippen LogP contribution in [-0.4, -0.2) is 19.0 Å². The van der Waals surface area contributed by atoms with Gasteiger partial charge in [-0.1, -0.05) is 19.1 Å². The number of carbonyl (C=O) groups is 1. The van der Waals surface area contributed by atoms with Crippen molar-refractivity contribution < 1.29 is 4.79 Å². The van der Waals surface area contributed by atoms with Gasteiger partial charge in [0.2, 0.25) is 5.91 Å². The monoisotopic (exact) mass is 217 g/mol. The van der Waals surface area contributed by atoms with Gasteiger partial charge in [0.15, 0.2) is 0 Å². The van der Waals surface area contributed by atoms with Crippen LogP contribution in [0, 0.1) is 18.3 Å². The third kappa shape index (κ3) is 3.07. The maximum Gasteiger partial charge on any atom is 0.238 e. The van der Waals surface area contributed by atoms with Crippen LogP contribution in [0.4, 0.5) is 5.69 Å². The number of nitrogens with zero attached hydrogens (tertiary/aromatic N) is 1. The van der Waals surface area contributed by atoms with Crippen LogP contribution in [0.15, 0.2) is 18.2 Å². The fourth-order valence-electron chi connectivity index (χ4n) is 1.35. The molecule has 4 heteroatoms. The molecule has 0 atom stereocenters. The number of nitrogens with one attached hydrogen (secondary N) is 2. The second-order valence-corrected chi connectivity index (χ2v) is 3.44. The first-order valence-electron chi connectivity index (χ1n) is 5.19. The molecule has 1 aromatic rings. The predicted molar refractivity (Wildman–Crippen MR) is 63.1 cm³/mol. The number of likely N-dealkylation sites (N-methyl/N-ethyl adjacent to an activating group) is 1. The van der Waals surface area contributed by atoms with Crippen LogP contribution in [0.5, 0.6) is 0 Å². The third-order valence-corrected chi connectivity index (χ3v) is 2.19. The zero-order valence-corrected chi connectivity index (χ0v) is 9.50. The van der Waals surface area contributed by atoms with E-state index >= 15 is 0 Å². The fraction of sp³-hybridized carbons (Fsp3) is 0.333. The van der Waals surface area contributed by atoms with Gasteiger partial charge in [0.05, 0.1) is 17.8 Å². The first-order chi connectivity index (χ1) is 7.69. The van der Waals surface area contributed by atoms with Gasteiger partial charge in [-0.05, 0) is 25.1 Å². The predicted octanol–water partition coefficient (Wildman–Crippen LogP) is 1.41. The second-order valence-electron chi connectivity index (χ2n) is 3.44. The van der Waals surface area contributed by atoms with E-state index in [1.165, 1.54) is 0 Å². The van der Waals surface area contributed by atoms with Crippen LogP contribution in [0.2, 0.25) is 0 Å². The van der Waals surface area contributed by atoms with Crippen molar-refractivity contribution in [2.75, 3.05) is 18.4 Å². The number of hydrogen-bond acceptors (Lipinski definition) is 3. The van der Waals surface area contributed by atoms with E-state index in [1.807, 2.05) is 26.0 Å². The maximum atomic E-state index is 11.5. The van der Waals surface area contributed by atoms with E-state index in [0.29, 0.717) is 11.3 Å². The van der Waals surface area contributed by atoms with Gasteiger partial charge in [-0.2, -0.15) is 5.26 Å². The number of nitriles is 1. The molecule has 0 saturated heterocycles. The largest absolute Gasteiger partial charge is 0.324 e. The molecule has 0 spiro atoms. The van der Waals surface area contributed by atoms with E-state index in [1.54, 1.807) is 6.07 Å². The Labute approximate surface area is 95.3 Å². The number of hydrogen-bond donors (Lipinski definition) is 2. The van der Waals surface area contributed by atoms with E-state index in [-0.39, 0.29) is 12.5 Å². The van der Waals surface area contributed by atoms with Gasteiger partial charge in [-0.15, -0.1) is 0 Å². The highest BCUT2D eigenvalue weighted by molar-refractivity contribution is 5.93. The summed E-state index contributed by atoms with van der Waals surface area (Å²) in [5.41, 5.74) is 1.96. The van der Waals surface area contributed by atoms with Crippen molar-refractivity contribution in [1.29, 1.82) is 5.26 Å². The van der Waals surface area contributed by atoms with Crippen LogP contribution >= 0.6 is 0 Å². The Kier molecular flexibility index (Phi) is 4.49. The lowest BCUT2D eigenvalue weighted by Crippen LogP contribution is -2.28. The molecular formula is C12H15N3O. The van der Waals surface area contributed by atoms with E-state index in [4.69, 9.17) is 5.26 Å². The smallest absolute Gasteiger partial charge is 0.238 e. The quantitative estimate of drug-likeness (QED) is 0.801. The molecule has 1 aromatic carbocycles. The fourth-order valence-corrected chi connectivity index (χ4v) is 1.35. The standard InChI is InChI=1S/C12H15N3O/c1-3-14-8-12(16)15-11-6-4-5-9(2)10(11)7-13/h4-6,14H,3,8H2,1-2H3,(H,15,16). The maximum absolute atomic E-state index is 11.5. The number of aryl methyl sites for hydroxylation is 1. The molecule has 0 unspecified atom stereocenters. The van der Waals surface area contributed by atoms with Crippen LogP contribution in [0.25, 0.3) is 0 Å². The van der Waals surface area contributed by atoms with Gasteiger partial charge in [0, 0.05) is 0 Å². The second kappa shape index (κ2) is 5.89. The third-order valence-electron chi connectivity index (χ3n) is 2.19. The Morgan fingerprint density at radius 2 is 2.25 bits per heavy atom. The van der Waals surface area contributed by atoms with E-state index < -0.39 is 0 Å². The van der Waals surface area contributed by atoms with E-state index in [9.17, 15) is 4.79 Å². The number of amides is 1. The number of anilines is 1. The van der Waals surface area contributed by atoms with Crippen molar-refractivity contribution in [3.05, 3.63) is 29.3 Å². The topological polar surface area (TPSA) is 64.9 Å². The summed E-state index contributed by atoms with van der Waals surface area (Å²) >= 11 is 0. The molecular weight excluding hydrogens is 202 g/mol. The van der Waals surface area contributed by atoms with Gasteiger partial charge < -0.3 is 10.6 Å². The molecule has 0 radical (unpaired) electrons. The molecule has 16 heavy (non-hydrogen) atoms. The lowest BCUT2D eigenvalue weighted by Gasteiger charge is -2.08. The van der Waals surface area contributed by atoms with E-state index in [0.717, 1.165) is 12.1 Å². The number of carbonyl (C=O) groups excluding carboxylic acids is 1. The summed E-state index contributed by atoms with van der Waals surface area (Å²) in [4.78, 5) is 11.5. The molecule has 4 nitrogen and oxygen atoms in total. The molecule has 0 aliphatic carbocycles. The van der Waals surface area contributed by atoms with Crippen LogP contribution in [-0.2, 0) is 4.79 Å². The zero-order chi connectivity index (χ0) is 12.0. The first-order valence-corrected chi connectivity index (χ1v) is 5.19. The average molecular weight is 217 g/mol. The SMILES string of the molecule is CCNCC(=O)Nc1cccc(C)c1C#N. The lowest BCUT2D eigenvalue weighted by atomic mass is 10.1. The Balaban J connectivity index is 2.78. The molecule has 2 N–H and O–H groups in total. The van der Waals surface area contributed by atoms with Crippen LogP contribution in [0.3, 0.4) is 0 Å². The minimum Gasteiger partial charge on any atom is -0.324 e. The molecule has 84 valence electrons. The van der Waals surface area contributed by atoms with Crippen molar-refractivity contribution in [2.24, 2.45) is 0 Å². The summed E-state index contributed by atoms with van der Waals surface area (Å²) in [5, 5.41) is 14.6. The van der Waals surface area contributed by atoms with Gasteiger partial charge in [-0.3, -0.25) is 4.79 Å². The van der Waals surface area contributed by atoms with E-state index in [2.05, 4.69) is 16.7 Å². The zero-order valence-electron chi connectivity index (χ0n) is 9.50. The van der Waals surface area contributed by atoms with Crippen LogP contribution < -0.4 is 10.6 Å². The molecule has 0 saturated carbocycles. The summed E-state index contributed by atoms with van der Waals surface area (Å²) in [5.74, 6) is -0.135. The summed E-state index contributed by atoms with van der Waals surface area (Å²) in [6, 6.07) is 7.49. The molecule has 0 fully saturated rings. The van der Waals surface area contributed by atoms with Crippen molar-refractivity contribution in [3.8, 4) is 6.07 Å². The molecule has 0 heterocycles. The van der Waals surface area contributed by atoms with Gasteiger partial charge in [0.1, 0.15) is 6.07 Å². The normalized spacial score (nSPS) is 9.56. The Morgan fingerprint density at radius 3 is 2.88 bits per heavy atom. The molecule has 0 aliphatic rings. The minimum atomic E-state index is -0.135. The van der Waals surface area contributed by atoms with Crippen molar-refractivity contribution >= 4 is 11.6 Å². The Hall–Kier alpha value is -1.86. The summed E-state index contributed by atoms with van der Waals surface area (Å²) in [7, 11) is 0. The van der Waals surface area contributed by atoms with Crippen LogP contribution in [0.1, 0.15) is 18.1 Å². The Morgan fingerprint density at radius 1 is 1.50 bits per heavy atom.